The Hall–Kier alpha value is -2.93. The number of nitrogens with one attached hydrogen (secondary N) is 1. The summed E-state index contributed by atoms with van der Waals surface area (Å²) >= 11 is 1.49. The van der Waals surface area contributed by atoms with Crippen LogP contribution in [0.2, 0.25) is 0 Å². The third-order valence-corrected chi connectivity index (χ3v) is 4.71. The summed E-state index contributed by atoms with van der Waals surface area (Å²) in [6.45, 7) is 0.725. The van der Waals surface area contributed by atoms with Gasteiger partial charge in [0.15, 0.2) is 28.1 Å². The van der Waals surface area contributed by atoms with Crippen molar-refractivity contribution in [1.82, 2.24) is 4.98 Å². The second kappa shape index (κ2) is 7.97. The minimum atomic E-state index is -0.154. The minimum Gasteiger partial charge on any atom is -0.504 e. The van der Waals surface area contributed by atoms with Crippen LogP contribution in [0.5, 0.6) is 23.0 Å². The van der Waals surface area contributed by atoms with Gasteiger partial charge in [-0.2, -0.15) is 0 Å². The van der Waals surface area contributed by atoms with Gasteiger partial charge in [0.05, 0.1) is 19.9 Å². The molecule has 0 amide bonds. The van der Waals surface area contributed by atoms with Gasteiger partial charge in [-0.05, 0) is 42.3 Å². The lowest BCUT2D eigenvalue weighted by Gasteiger charge is -2.09. The number of anilines is 1. The molecule has 26 heavy (non-hydrogen) atoms. The van der Waals surface area contributed by atoms with Crippen molar-refractivity contribution >= 4 is 16.5 Å². The number of rotatable bonds is 7. The molecule has 0 fully saturated rings. The number of ether oxygens (including phenoxy) is 2. The van der Waals surface area contributed by atoms with Gasteiger partial charge in [0.1, 0.15) is 0 Å². The average Bonchev–Trinajstić information content (AvgIpc) is 3.12. The Morgan fingerprint density at radius 1 is 1.00 bits per heavy atom. The fraction of sp³-hybridized carbons (Fsp3) is 0.211. The minimum absolute atomic E-state index is 0.141. The molecule has 136 valence electrons. The fourth-order valence-electron chi connectivity index (χ4n) is 2.52. The number of nitrogens with zero attached hydrogens (tertiary/aromatic N) is 1. The largest absolute Gasteiger partial charge is 0.504 e. The van der Waals surface area contributed by atoms with E-state index in [-0.39, 0.29) is 11.5 Å². The Balaban J connectivity index is 1.61. The van der Waals surface area contributed by atoms with Gasteiger partial charge in [-0.1, -0.05) is 6.07 Å². The maximum absolute atomic E-state index is 9.61. The van der Waals surface area contributed by atoms with E-state index in [4.69, 9.17) is 9.47 Å². The molecule has 1 aromatic heterocycles. The van der Waals surface area contributed by atoms with Crippen molar-refractivity contribution in [3.05, 3.63) is 47.3 Å². The van der Waals surface area contributed by atoms with Gasteiger partial charge in [-0.25, -0.2) is 4.98 Å². The summed E-state index contributed by atoms with van der Waals surface area (Å²) in [6.07, 6.45) is 0.815. The van der Waals surface area contributed by atoms with Crippen LogP contribution in [0.3, 0.4) is 0 Å². The van der Waals surface area contributed by atoms with Crippen molar-refractivity contribution in [2.45, 2.75) is 6.42 Å². The highest BCUT2D eigenvalue weighted by Crippen LogP contribution is 2.32. The van der Waals surface area contributed by atoms with Crippen molar-refractivity contribution in [2.24, 2.45) is 0 Å². The number of thiazole rings is 1. The second-order valence-corrected chi connectivity index (χ2v) is 6.47. The van der Waals surface area contributed by atoms with Crippen molar-refractivity contribution in [1.29, 1.82) is 0 Å². The predicted molar refractivity (Wildman–Crippen MR) is 103 cm³/mol. The Morgan fingerprint density at radius 3 is 2.54 bits per heavy atom. The molecule has 0 radical (unpaired) electrons. The molecule has 6 nitrogen and oxygen atoms in total. The Morgan fingerprint density at radius 2 is 1.81 bits per heavy atom. The van der Waals surface area contributed by atoms with E-state index in [2.05, 4.69) is 10.3 Å². The number of phenolic OH excluding ortho intramolecular Hbond substituents is 2. The molecule has 3 aromatic rings. The molecule has 0 saturated carbocycles. The number of hydrogen-bond acceptors (Lipinski definition) is 7. The maximum atomic E-state index is 9.61. The van der Waals surface area contributed by atoms with Crippen LogP contribution in [0.4, 0.5) is 5.13 Å². The summed E-state index contributed by atoms with van der Waals surface area (Å²) in [5.41, 5.74) is 2.64. The quantitative estimate of drug-likeness (QED) is 0.546. The summed E-state index contributed by atoms with van der Waals surface area (Å²) in [5, 5.41) is 25.0. The maximum Gasteiger partial charge on any atom is 0.183 e. The first kappa shape index (κ1) is 17.9. The molecule has 3 N–H and O–H groups in total. The molecule has 0 atom stereocenters. The number of benzene rings is 2. The summed E-state index contributed by atoms with van der Waals surface area (Å²) in [5.74, 6) is 1.13. The van der Waals surface area contributed by atoms with E-state index in [1.807, 2.05) is 23.6 Å². The summed E-state index contributed by atoms with van der Waals surface area (Å²) in [4.78, 5) is 4.51. The molecule has 0 aliphatic heterocycles. The zero-order chi connectivity index (χ0) is 18.5. The van der Waals surface area contributed by atoms with Crippen molar-refractivity contribution in [3.63, 3.8) is 0 Å². The second-order valence-electron chi connectivity index (χ2n) is 5.61. The smallest absolute Gasteiger partial charge is 0.183 e. The predicted octanol–water partition coefficient (Wildman–Crippen LogP) is 3.89. The van der Waals surface area contributed by atoms with Gasteiger partial charge in [-0.15, -0.1) is 11.3 Å². The first-order chi connectivity index (χ1) is 12.6. The Bertz CT molecular complexity index is 895. The molecule has 0 bridgehead atoms. The van der Waals surface area contributed by atoms with E-state index in [1.165, 1.54) is 23.5 Å². The standard InChI is InChI=1S/C19H20N2O4S/c1-24-17-6-3-12(9-18(17)25-2)7-8-20-19-21-14(11-26-19)13-4-5-15(22)16(23)10-13/h3-6,9-11,22-23H,7-8H2,1-2H3,(H,20,21). The van der Waals surface area contributed by atoms with E-state index >= 15 is 0 Å². The SMILES string of the molecule is COc1ccc(CCNc2nc(-c3ccc(O)c(O)c3)cs2)cc1OC. The zero-order valence-corrected chi connectivity index (χ0v) is 15.3. The monoisotopic (exact) mass is 372 g/mol. The Labute approximate surface area is 155 Å². The average molecular weight is 372 g/mol. The summed E-state index contributed by atoms with van der Waals surface area (Å²) in [6, 6.07) is 10.5. The number of methoxy groups -OCH3 is 2. The van der Waals surface area contributed by atoms with Crippen LogP contribution < -0.4 is 14.8 Å². The zero-order valence-electron chi connectivity index (χ0n) is 14.5. The van der Waals surface area contributed by atoms with Gasteiger partial charge in [-0.3, -0.25) is 0 Å². The number of aromatic hydroxyl groups is 2. The molecular weight excluding hydrogens is 352 g/mol. The van der Waals surface area contributed by atoms with E-state index in [1.54, 1.807) is 20.3 Å². The van der Waals surface area contributed by atoms with Gasteiger partial charge in [0.2, 0.25) is 0 Å². The van der Waals surface area contributed by atoms with E-state index in [0.717, 1.165) is 34.9 Å². The van der Waals surface area contributed by atoms with Crippen LogP contribution in [-0.4, -0.2) is 36.0 Å². The highest BCUT2D eigenvalue weighted by molar-refractivity contribution is 7.14. The Kier molecular flexibility index (Phi) is 5.48. The van der Waals surface area contributed by atoms with Crippen molar-refractivity contribution in [3.8, 4) is 34.3 Å². The van der Waals surface area contributed by atoms with Gasteiger partial charge >= 0.3 is 0 Å². The normalized spacial score (nSPS) is 10.5. The van der Waals surface area contributed by atoms with Gasteiger partial charge in [0.25, 0.3) is 0 Å². The molecule has 0 spiro atoms. The summed E-state index contributed by atoms with van der Waals surface area (Å²) in [7, 11) is 3.24. The summed E-state index contributed by atoms with van der Waals surface area (Å²) < 4.78 is 10.6. The third-order valence-electron chi connectivity index (χ3n) is 3.91. The molecule has 3 rings (SSSR count). The van der Waals surface area contributed by atoms with Crippen LogP contribution in [-0.2, 0) is 6.42 Å². The molecule has 1 heterocycles. The first-order valence-corrected chi connectivity index (χ1v) is 8.91. The van der Waals surface area contributed by atoms with Crippen molar-refractivity contribution in [2.75, 3.05) is 26.1 Å². The number of hydrogen-bond donors (Lipinski definition) is 3. The van der Waals surface area contributed by atoms with E-state index in [9.17, 15) is 10.2 Å². The van der Waals surface area contributed by atoms with Crippen LogP contribution in [0.1, 0.15) is 5.56 Å². The van der Waals surface area contributed by atoms with Crippen molar-refractivity contribution < 1.29 is 19.7 Å². The lowest BCUT2D eigenvalue weighted by Crippen LogP contribution is -2.05. The molecule has 0 saturated heterocycles. The molecular formula is C19H20N2O4S. The molecule has 0 unspecified atom stereocenters. The lowest BCUT2D eigenvalue weighted by atomic mass is 10.1. The van der Waals surface area contributed by atoms with Crippen LogP contribution in [0, 0.1) is 0 Å². The highest BCUT2D eigenvalue weighted by atomic mass is 32.1. The third kappa shape index (κ3) is 4.00. The molecule has 7 heteroatoms. The van der Waals surface area contributed by atoms with Crippen LogP contribution in [0.25, 0.3) is 11.3 Å². The molecule has 0 aliphatic rings. The lowest BCUT2D eigenvalue weighted by molar-refractivity contribution is 0.354. The van der Waals surface area contributed by atoms with E-state index < -0.39 is 0 Å². The van der Waals surface area contributed by atoms with Crippen LogP contribution >= 0.6 is 11.3 Å². The number of phenols is 2. The van der Waals surface area contributed by atoms with E-state index in [0.29, 0.717) is 11.5 Å². The van der Waals surface area contributed by atoms with Gasteiger partial charge in [0, 0.05) is 17.5 Å². The topological polar surface area (TPSA) is 83.8 Å². The molecule has 0 aliphatic carbocycles. The fourth-order valence-corrected chi connectivity index (χ4v) is 3.27. The number of aromatic nitrogens is 1. The molecule has 2 aromatic carbocycles. The van der Waals surface area contributed by atoms with Crippen LogP contribution in [0.15, 0.2) is 41.8 Å². The highest BCUT2D eigenvalue weighted by Gasteiger charge is 2.08. The first-order valence-electron chi connectivity index (χ1n) is 8.03. The van der Waals surface area contributed by atoms with Gasteiger partial charge < -0.3 is 25.0 Å².